The molecule has 1 aliphatic carbocycles. The first-order valence-corrected chi connectivity index (χ1v) is 15.6. The van der Waals surface area contributed by atoms with Crippen LogP contribution in [0.15, 0.2) is 54.6 Å². The van der Waals surface area contributed by atoms with Gasteiger partial charge in [0.2, 0.25) is 11.7 Å². The molecule has 2 aliphatic rings. The molecule has 13 heteroatoms. The second kappa shape index (κ2) is 16.1. The number of nitrogens with zero attached hydrogens (tertiary/aromatic N) is 4. The van der Waals surface area contributed by atoms with Crippen LogP contribution in [0.25, 0.3) is 11.0 Å². The highest BCUT2D eigenvalue weighted by Gasteiger charge is 2.33. The van der Waals surface area contributed by atoms with E-state index in [9.17, 15) is 19.2 Å². The van der Waals surface area contributed by atoms with Gasteiger partial charge >= 0.3 is 6.03 Å². The Kier molecular flexibility index (Phi) is 11.5. The van der Waals surface area contributed by atoms with E-state index in [2.05, 4.69) is 26.3 Å². The van der Waals surface area contributed by atoms with Gasteiger partial charge in [0.1, 0.15) is 24.3 Å². The summed E-state index contributed by atoms with van der Waals surface area (Å²) in [5.41, 5.74) is 2.23. The van der Waals surface area contributed by atoms with Gasteiger partial charge in [0, 0.05) is 13.1 Å². The fourth-order valence-corrected chi connectivity index (χ4v) is 5.74. The molecule has 5 rings (SSSR count). The molecule has 1 saturated heterocycles. The third-order valence-corrected chi connectivity index (χ3v) is 8.27. The lowest BCUT2D eigenvalue weighted by Gasteiger charge is -2.31. The second-order valence-corrected chi connectivity index (χ2v) is 11.5. The van der Waals surface area contributed by atoms with Crippen LogP contribution in [0.4, 0.5) is 4.79 Å². The number of ether oxygens (including phenoxy) is 2. The first-order chi connectivity index (χ1) is 22.0. The topological polar surface area (TPSA) is 157 Å². The van der Waals surface area contributed by atoms with Gasteiger partial charge in [0.05, 0.1) is 31.9 Å². The van der Waals surface area contributed by atoms with Gasteiger partial charge in [0.15, 0.2) is 0 Å². The monoisotopic (exact) mass is 619 g/mol. The van der Waals surface area contributed by atoms with Gasteiger partial charge < -0.3 is 30.3 Å². The van der Waals surface area contributed by atoms with Gasteiger partial charge in [-0.15, -0.1) is 5.10 Å². The number of carbonyl (C=O) groups is 4. The van der Waals surface area contributed by atoms with Crippen molar-refractivity contribution in [2.24, 2.45) is 5.92 Å². The highest BCUT2D eigenvalue weighted by molar-refractivity contribution is 6.38. The largest absolute Gasteiger partial charge is 0.378 e. The van der Waals surface area contributed by atoms with Gasteiger partial charge in [-0.05, 0) is 30.0 Å². The van der Waals surface area contributed by atoms with Crippen LogP contribution in [0.5, 0.6) is 0 Å². The van der Waals surface area contributed by atoms with Gasteiger partial charge in [-0.3, -0.25) is 14.4 Å². The molecule has 1 saturated carbocycles. The summed E-state index contributed by atoms with van der Waals surface area (Å²) >= 11 is 0. The Labute approximate surface area is 262 Å². The van der Waals surface area contributed by atoms with Crippen LogP contribution in [0.1, 0.15) is 44.1 Å². The molecule has 45 heavy (non-hydrogen) atoms. The number of ketones is 1. The van der Waals surface area contributed by atoms with E-state index >= 15 is 0 Å². The Bertz CT molecular complexity index is 1440. The number of amides is 4. The molecule has 0 bridgehead atoms. The van der Waals surface area contributed by atoms with Crippen molar-refractivity contribution in [3.05, 3.63) is 60.2 Å². The molecule has 2 fully saturated rings. The minimum Gasteiger partial charge on any atom is -0.378 e. The molecule has 4 amide bonds. The van der Waals surface area contributed by atoms with Gasteiger partial charge in [0.25, 0.3) is 5.91 Å². The van der Waals surface area contributed by atoms with Crippen LogP contribution in [0.2, 0.25) is 0 Å². The summed E-state index contributed by atoms with van der Waals surface area (Å²) in [7, 11) is 0. The summed E-state index contributed by atoms with van der Waals surface area (Å²) in [4.78, 5) is 55.0. The number of morpholine rings is 1. The summed E-state index contributed by atoms with van der Waals surface area (Å²) in [5.74, 6) is -2.02. The molecule has 1 aromatic heterocycles. The fourth-order valence-electron chi connectivity index (χ4n) is 5.74. The van der Waals surface area contributed by atoms with E-state index in [0.29, 0.717) is 43.8 Å². The summed E-state index contributed by atoms with van der Waals surface area (Å²) in [6.07, 6.45) is 5.69. The van der Waals surface area contributed by atoms with Gasteiger partial charge in [-0.25, -0.2) is 9.48 Å². The van der Waals surface area contributed by atoms with E-state index < -0.39 is 29.7 Å². The normalized spacial score (nSPS) is 16.9. The van der Waals surface area contributed by atoms with Gasteiger partial charge in [-0.1, -0.05) is 79.8 Å². The average molecular weight is 620 g/mol. The number of nitrogens with one attached hydrogen (secondary N) is 3. The van der Waals surface area contributed by atoms with Crippen LogP contribution in [0, 0.1) is 5.92 Å². The van der Waals surface area contributed by atoms with Crippen LogP contribution in [0.3, 0.4) is 0 Å². The molecule has 240 valence electrons. The zero-order valence-electron chi connectivity index (χ0n) is 25.4. The van der Waals surface area contributed by atoms with Crippen molar-refractivity contribution < 1.29 is 28.7 Å². The molecule has 1 aliphatic heterocycles. The van der Waals surface area contributed by atoms with Crippen LogP contribution < -0.4 is 16.0 Å². The SMILES string of the molecule is O=C(NCn1nnc2ccccc21)C(=O)C(COCc1ccccc1)NC(=O)[C@H](CC1CCCCC1)NC(=O)N1CCOCC1. The summed E-state index contributed by atoms with van der Waals surface area (Å²) < 4.78 is 12.6. The third-order valence-electron chi connectivity index (χ3n) is 8.27. The van der Waals surface area contributed by atoms with Crippen molar-refractivity contribution in [3.63, 3.8) is 0 Å². The molecule has 3 aromatic rings. The minimum atomic E-state index is -1.28. The lowest BCUT2D eigenvalue weighted by Crippen LogP contribution is -2.58. The van der Waals surface area contributed by atoms with E-state index in [1.165, 1.54) is 4.68 Å². The second-order valence-electron chi connectivity index (χ2n) is 11.5. The van der Waals surface area contributed by atoms with Crippen LogP contribution in [-0.2, 0) is 37.1 Å². The zero-order valence-corrected chi connectivity index (χ0v) is 25.4. The Morgan fingerprint density at radius 2 is 1.64 bits per heavy atom. The first-order valence-electron chi connectivity index (χ1n) is 15.6. The van der Waals surface area contributed by atoms with E-state index in [4.69, 9.17) is 9.47 Å². The molecule has 0 spiro atoms. The van der Waals surface area contributed by atoms with Crippen molar-refractivity contribution in [2.75, 3.05) is 32.9 Å². The molecule has 0 radical (unpaired) electrons. The van der Waals surface area contributed by atoms with Crippen molar-refractivity contribution >= 4 is 34.7 Å². The van der Waals surface area contributed by atoms with Crippen molar-refractivity contribution in [1.29, 1.82) is 0 Å². The standard InChI is InChI=1S/C32H41N7O6/c40-29(31(42)33-22-39-28-14-8-7-13-25(28)36-37-39)27(21-45-20-24-11-5-2-6-12-24)34-30(41)26(19-23-9-3-1-4-10-23)35-32(43)38-15-17-44-18-16-38/h2,5-8,11-14,23,26-27H,1,3-4,9-10,15-22H2,(H,33,42)(H,34,41)(H,35,43)/t26-,27?/m0/s1. The maximum Gasteiger partial charge on any atom is 0.318 e. The maximum absolute atomic E-state index is 13.8. The molecular formula is C32H41N7O6. The Hall–Kier alpha value is -4.36. The quantitative estimate of drug-likeness (QED) is 0.246. The first kappa shape index (κ1) is 32.0. The summed E-state index contributed by atoms with van der Waals surface area (Å²) in [5, 5.41) is 16.3. The Morgan fingerprint density at radius 1 is 0.911 bits per heavy atom. The van der Waals surface area contributed by atoms with Crippen molar-refractivity contribution in [1.82, 2.24) is 35.8 Å². The number of carbonyl (C=O) groups excluding carboxylic acids is 4. The van der Waals surface area contributed by atoms with Gasteiger partial charge in [-0.2, -0.15) is 0 Å². The maximum atomic E-state index is 13.8. The molecule has 1 unspecified atom stereocenters. The third kappa shape index (κ3) is 9.08. The molecule has 13 nitrogen and oxygen atoms in total. The number of hydrogen-bond donors (Lipinski definition) is 3. The minimum absolute atomic E-state index is 0.0868. The Morgan fingerprint density at radius 3 is 2.42 bits per heavy atom. The van der Waals surface area contributed by atoms with Crippen molar-refractivity contribution in [2.45, 2.75) is 63.9 Å². The van der Waals surface area contributed by atoms with E-state index in [-0.39, 0.29) is 31.8 Å². The Balaban J connectivity index is 1.27. The fraction of sp³-hybridized carbons (Fsp3) is 0.500. The molecule has 2 heterocycles. The zero-order chi connectivity index (χ0) is 31.4. The molecule has 2 aromatic carbocycles. The molecular weight excluding hydrogens is 578 g/mol. The number of rotatable bonds is 13. The lowest BCUT2D eigenvalue weighted by atomic mass is 9.84. The number of Topliss-reactive ketones (excluding diaryl/α,β-unsaturated/α-hetero) is 1. The predicted molar refractivity (Wildman–Crippen MR) is 165 cm³/mol. The average Bonchev–Trinajstić information content (AvgIpc) is 3.50. The lowest BCUT2D eigenvalue weighted by molar-refractivity contribution is -0.141. The van der Waals surface area contributed by atoms with Crippen LogP contribution >= 0.6 is 0 Å². The smallest absolute Gasteiger partial charge is 0.318 e. The summed E-state index contributed by atoms with van der Waals surface area (Å²) in [6, 6.07) is 14.1. The number of para-hydroxylation sites is 1. The molecule has 3 N–H and O–H groups in total. The highest BCUT2D eigenvalue weighted by Crippen LogP contribution is 2.27. The number of fused-ring (bicyclic) bond motifs is 1. The number of benzene rings is 2. The number of urea groups is 1. The van der Waals surface area contributed by atoms with Crippen molar-refractivity contribution in [3.8, 4) is 0 Å². The number of aromatic nitrogens is 3. The van der Waals surface area contributed by atoms with E-state index in [0.717, 1.165) is 37.7 Å². The molecule has 2 atom stereocenters. The number of hydrogen-bond acceptors (Lipinski definition) is 8. The van der Waals surface area contributed by atoms with E-state index in [1.54, 1.807) is 17.0 Å². The predicted octanol–water partition coefficient (Wildman–Crippen LogP) is 2.16. The van der Waals surface area contributed by atoms with E-state index in [1.807, 2.05) is 42.5 Å². The summed E-state index contributed by atoms with van der Waals surface area (Å²) in [6.45, 7) is 1.59. The highest BCUT2D eigenvalue weighted by atomic mass is 16.5. The van der Waals surface area contributed by atoms with Crippen LogP contribution in [-0.4, -0.2) is 88.5 Å².